The van der Waals surface area contributed by atoms with Gasteiger partial charge in [0.15, 0.2) is 6.04 Å². The van der Waals surface area contributed by atoms with E-state index in [-0.39, 0.29) is 29.5 Å². The number of benzene rings is 2. The number of anilines is 1. The molecule has 1 N–H and O–H groups in total. The number of hydrogen-bond acceptors (Lipinski definition) is 3. The summed E-state index contributed by atoms with van der Waals surface area (Å²) in [7, 11) is 1.14. The minimum absolute atomic E-state index is 0.0179. The van der Waals surface area contributed by atoms with Crippen molar-refractivity contribution in [2.24, 2.45) is 0 Å². The topological polar surface area (TPSA) is 52.7 Å². The van der Waals surface area contributed by atoms with Gasteiger partial charge in [-0.15, -0.1) is 0 Å². The lowest BCUT2D eigenvalue weighted by atomic mass is 9.83. The molecule has 34 heavy (non-hydrogen) atoms. The fourth-order valence-electron chi connectivity index (χ4n) is 5.11. The molecule has 2 aromatic carbocycles. The van der Waals surface area contributed by atoms with E-state index < -0.39 is 18.1 Å². The zero-order valence-electron chi connectivity index (χ0n) is 19.7. The smallest absolute Gasteiger partial charge is 0.381 e. The average molecular weight is 474 g/mol. The van der Waals surface area contributed by atoms with Crippen molar-refractivity contribution in [3.05, 3.63) is 65.2 Å². The first-order valence-corrected chi connectivity index (χ1v) is 11.5. The molecular formula is C26H30F3N3O2. The summed E-state index contributed by atoms with van der Waals surface area (Å²) in [5, 5.41) is 3.48. The lowest BCUT2D eigenvalue weighted by Crippen LogP contribution is -2.44. The zero-order valence-corrected chi connectivity index (χ0v) is 19.7. The first-order chi connectivity index (χ1) is 16.0. The third-order valence-corrected chi connectivity index (χ3v) is 7.16. The van der Waals surface area contributed by atoms with Crippen LogP contribution in [0, 0.1) is 0 Å². The Labute approximate surface area is 197 Å². The van der Waals surface area contributed by atoms with Gasteiger partial charge in [0.25, 0.3) is 0 Å². The maximum absolute atomic E-state index is 14.0. The van der Waals surface area contributed by atoms with E-state index in [1.807, 2.05) is 12.1 Å². The molecule has 5 nitrogen and oxygen atoms in total. The van der Waals surface area contributed by atoms with Crippen molar-refractivity contribution in [3.8, 4) is 0 Å². The molecule has 0 aromatic heterocycles. The second-order valence-corrected chi connectivity index (χ2v) is 9.77. The maximum Gasteiger partial charge on any atom is 0.413 e. The van der Waals surface area contributed by atoms with Gasteiger partial charge in [-0.1, -0.05) is 50.2 Å². The standard InChI is InChI=1S/C26H30F3N3O2/c1-25(2)20-8-5-4-7-18(20)15-21(25)30-19-12-10-17(11-13-19)24(26(27,28)29)31(3)23(34)16-32-14-6-9-22(32)33/h4-5,7-8,10-13,21,24,30H,6,9,14-16H2,1-3H3/t21?,24-/m0/s1. The normalized spacial score (nSPS) is 20.2. The van der Waals surface area contributed by atoms with Crippen LogP contribution in [0.1, 0.15) is 49.4 Å². The van der Waals surface area contributed by atoms with E-state index in [0.29, 0.717) is 24.3 Å². The molecule has 0 spiro atoms. The van der Waals surface area contributed by atoms with Gasteiger partial charge in [-0.3, -0.25) is 9.59 Å². The van der Waals surface area contributed by atoms with Crippen LogP contribution in [-0.2, 0) is 21.4 Å². The minimum atomic E-state index is -4.65. The van der Waals surface area contributed by atoms with Crippen LogP contribution >= 0.6 is 0 Å². The Bertz CT molecular complexity index is 1070. The largest absolute Gasteiger partial charge is 0.413 e. The molecule has 1 unspecified atom stereocenters. The molecule has 2 amide bonds. The quantitative estimate of drug-likeness (QED) is 0.663. The molecule has 2 atom stereocenters. The maximum atomic E-state index is 14.0. The third-order valence-electron chi connectivity index (χ3n) is 7.16. The number of amides is 2. The van der Waals surface area contributed by atoms with Crippen LogP contribution in [0.3, 0.4) is 0 Å². The van der Waals surface area contributed by atoms with Crippen molar-refractivity contribution < 1.29 is 22.8 Å². The van der Waals surface area contributed by atoms with E-state index in [2.05, 4.69) is 31.3 Å². The van der Waals surface area contributed by atoms with E-state index >= 15 is 0 Å². The Kier molecular flexibility index (Phi) is 6.36. The fourth-order valence-corrected chi connectivity index (χ4v) is 5.11. The Hall–Kier alpha value is -3.03. The summed E-state index contributed by atoms with van der Waals surface area (Å²) >= 11 is 0. The lowest BCUT2D eigenvalue weighted by Gasteiger charge is -2.32. The van der Waals surface area contributed by atoms with Crippen LogP contribution in [0.25, 0.3) is 0 Å². The number of likely N-dealkylation sites (tertiary alicyclic amines) is 1. The summed E-state index contributed by atoms with van der Waals surface area (Å²) in [5.41, 5.74) is 3.14. The second-order valence-electron chi connectivity index (χ2n) is 9.77. The number of alkyl halides is 3. The molecule has 1 aliphatic carbocycles. The fraction of sp³-hybridized carbons (Fsp3) is 0.462. The van der Waals surface area contributed by atoms with Gasteiger partial charge < -0.3 is 15.1 Å². The van der Waals surface area contributed by atoms with Crippen LogP contribution in [0.4, 0.5) is 18.9 Å². The van der Waals surface area contributed by atoms with Crippen molar-refractivity contribution >= 4 is 17.5 Å². The minimum Gasteiger partial charge on any atom is -0.381 e. The summed E-state index contributed by atoms with van der Waals surface area (Å²) in [5.74, 6) is -0.928. The Morgan fingerprint density at radius 2 is 1.85 bits per heavy atom. The molecule has 2 aliphatic rings. The first-order valence-electron chi connectivity index (χ1n) is 11.5. The van der Waals surface area contributed by atoms with Crippen LogP contribution < -0.4 is 5.32 Å². The highest BCUT2D eigenvalue weighted by Gasteiger charge is 2.45. The van der Waals surface area contributed by atoms with E-state index in [4.69, 9.17) is 0 Å². The molecule has 8 heteroatoms. The molecule has 1 heterocycles. The summed E-state index contributed by atoms with van der Waals surface area (Å²) < 4.78 is 42.0. The monoisotopic (exact) mass is 473 g/mol. The average Bonchev–Trinajstić information content (AvgIpc) is 3.28. The van der Waals surface area contributed by atoms with Crippen molar-refractivity contribution in [3.63, 3.8) is 0 Å². The molecule has 2 aromatic rings. The Balaban J connectivity index is 1.49. The molecule has 1 fully saturated rings. The number of carbonyl (C=O) groups excluding carboxylic acids is 2. The molecule has 1 saturated heterocycles. The number of halogens is 3. The van der Waals surface area contributed by atoms with Crippen LogP contribution in [0.5, 0.6) is 0 Å². The van der Waals surface area contributed by atoms with E-state index in [1.165, 1.54) is 28.2 Å². The van der Waals surface area contributed by atoms with Gasteiger partial charge in [-0.25, -0.2) is 0 Å². The van der Waals surface area contributed by atoms with Crippen molar-refractivity contribution in [1.29, 1.82) is 0 Å². The van der Waals surface area contributed by atoms with E-state index in [1.54, 1.807) is 12.1 Å². The van der Waals surface area contributed by atoms with Crippen LogP contribution in [-0.4, -0.2) is 54.0 Å². The number of carbonyl (C=O) groups is 2. The highest BCUT2D eigenvalue weighted by molar-refractivity contribution is 5.86. The van der Waals surface area contributed by atoms with Gasteiger partial charge >= 0.3 is 6.18 Å². The van der Waals surface area contributed by atoms with Gasteiger partial charge in [0.05, 0.1) is 6.54 Å². The van der Waals surface area contributed by atoms with Gasteiger partial charge in [0.1, 0.15) is 0 Å². The predicted molar refractivity (Wildman–Crippen MR) is 124 cm³/mol. The molecule has 4 rings (SSSR count). The zero-order chi connectivity index (χ0) is 24.7. The number of nitrogens with zero attached hydrogens (tertiary/aromatic N) is 2. The Morgan fingerprint density at radius 3 is 2.44 bits per heavy atom. The SMILES string of the molecule is CN(C(=O)CN1CCCC1=O)[C@@H](c1ccc(NC2Cc3ccccc3C2(C)C)cc1)C(F)(F)F. The summed E-state index contributed by atoms with van der Waals surface area (Å²) in [6.45, 7) is 4.39. The molecular weight excluding hydrogens is 443 g/mol. The number of nitrogens with one attached hydrogen (secondary N) is 1. The molecule has 0 bridgehead atoms. The summed E-state index contributed by atoms with van der Waals surface area (Å²) in [6.07, 6.45) is -2.86. The molecule has 182 valence electrons. The molecule has 0 saturated carbocycles. The summed E-state index contributed by atoms with van der Waals surface area (Å²) in [4.78, 5) is 26.4. The number of rotatable bonds is 6. The second kappa shape index (κ2) is 8.96. The summed E-state index contributed by atoms with van der Waals surface area (Å²) in [6, 6.07) is 12.4. The highest BCUT2D eigenvalue weighted by Crippen LogP contribution is 2.41. The van der Waals surface area contributed by atoms with Crippen molar-refractivity contribution in [2.45, 2.75) is 56.8 Å². The van der Waals surface area contributed by atoms with E-state index in [9.17, 15) is 22.8 Å². The van der Waals surface area contributed by atoms with Crippen LogP contribution in [0.2, 0.25) is 0 Å². The van der Waals surface area contributed by atoms with Gasteiger partial charge in [-0.2, -0.15) is 13.2 Å². The highest BCUT2D eigenvalue weighted by atomic mass is 19.4. The van der Waals surface area contributed by atoms with Crippen molar-refractivity contribution in [2.75, 3.05) is 25.5 Å². The first kappa shape index (κ1) is 24.1. The number of fused-ring (bicyclic) bond motifs is 1. The molecule has 1 aliphatic heterocycles. The van der Waals surface area contributed by atoms with Gasteiger partial charge in [-0.05, 0) is 41.7 Å². The van der Waals surface area contributed by atoms with Gasteiger partial charge in [0.2, 0.25) is 11.8 Å². The van der Waals surface area contributed by atoms with Gasteiger partial charge in [0, 0.05) is 37.2 Å². The third kappa shape index (κ3) is 4.63. The number of likely N-dealkylation sites (N-methyl/N-ethyl adjacent to an activating group) is 1. The number of hydrogen-bond donors (Lipinski definition) is 1. The molecule has 0 radical (unpaired) electrons. The van der Waals surface area contributed by atoms with Crippen molar-refractivity contribution in [1.82, 2.24) is 9.80 Å². The lowest BCUT2D eigenvalue weighted by molar-refractivity contribution is -0.189. The van der Waals surface area contributed by atoms with Crippen LogP contribution in [0.15, 0.2) is 48.5 Å². The Morgan fingerprint density at radius 1 is 1.18 bits per heavy atom. The predicted octanol–water partition coefficient (Wildman–Crippen LogP) is 4.69. The van der Waals surface area contributed by atoms with E-state index in [0.717, 1.165) is 19.2 Å².